The first kappa shape index (κ1) is 17.8. The highest BCUT2D eigenvalue weighted by Crippen LogP contribution is 2.32. The Balaban J connectivity index is 2.14. The van der Waals surface area contributed by atoms with Crippen LogP contribution in [0.15, 0.2) is 42.5 Å². The van der Waals surface area contributed by atoms with Crippen molar-refractivity contribution >= 4 is 5.69 Å². The van der Waals surface area contributed by atoms with Crippen molar-refractivity contribution in [2.24, 2.45) is 0 Å². The van der Waals surface area contributed by atoms with Gasteiger partial charge < -0.3 is 15.2 Å². The van der Waals surface area contributed by atoms with Gasteiger partial charge in [0.25, 0.3) is 0 Å². The maximum atomic E-state index is 12.1. The summed E-state index contributed by atoms with van der Waals surface area (Å²) in [5.74, 6) is -0.458. The summed E-state index contributed by atoms with van der Waals surface area (Å²) in [4.78, 5) is 0. The summed E-state index contributed by atoms with van der Waals surface area (Å²) in [5, 5.41) is 0. The van der Waals surface area contributed by atoms with Crippen molar-refractivity contribution < 1.29 is 35.8 Å². The van der Waals surface area contributed by atoms with Crippen LogP contribution in [0.4, 0.5) is 32.0 Å². The predicted molar refractivity (Wildman–Crippen MR) is 74.5 cm³/mol. The Morgan fingerprint density at radius 3 is 1.92 bits per heavy atom. The van der Waals surface area contributed by atoms with Crippen LogP contribution in [0.3, 0.4) is 0 Å². The van der Waals surface area contributed by atoms with Crippen molar-refractivity contribution in [1.82, 2.24) is 0 Å². The molecule has 0 aliphatic carbocycles. The van der Waals surface area contributed by atoms with Gasteiger partial charge in [-0.3, -0.25) is 0 Å². The second-order valence-corrected chi connectivity index (χ2v) is 4.73. The molecule has 0 unspecified atom stereocenters. The van der Waals surface area contributed by atoms with Crippen LogP contribution in [-0.2, 0) is 0 Å². The average molecular weight is 351 g/mol. The number of halogens is 6. The van der Waals surface area contributed by atoms with Crippen LogP contribution >= 0.6 is 0 Å². The minimum Gasteiger partial charge on any atom is -0.484 e. The zero-order chi connectivity index (χ0) is 18.0. The SMILES string of the molecule is Nc1cc(OCC(F)(F)F)ccc1-c1ccc(OC(F)(F)F)cc1. The molecule has 0 amide bonds. The summed E-state index contributed by atoms with van der Waals surface area (Å²) in [7, 11) is 0. The second kappa shape index (κ2) is 6.50. The molecule has 2 aromatic carbocycles. The Hall–Kier alpha value is -2.58. The third-order valence-electron chi connectivity index (χ3n) is 2.82. The highest BCUT2D eigenvalue weighted by Gasteiger charge is 2.31. The van der Waals surface area contributed by atoms with Gasteiger partial charge in [0.2, 0.25) is 0 Å². The lowest BCUT2D eigenvalue weighted by molar-refractivity contribution is -0.274. The molecule has 0 spiro atoms. The lowest BCUT2D eigenvalue weighted by Gasteiger charge is -2.12. The molecule has 0 aliphatic rings. The lowest BCUT2D eigenvalue weighted by Crippen LogP contribution is -2.19. The number of anilines is 1. The number of nitrogens with two attached hydrogens (primary N) is 1. The van der Waals surface area contributed by atoms with E-state index in [9.17, 15) is 26.3 Å². The van der Waals surface area contributed by atoms with E-state index in [2.05, 4.69) is 9.47 Å². The van der Waals surface area contributed by atoms with Crippen molar-refractivity contribution in [1.29, 1.82) is 0 Å². The molecule has 0 fully saturated rings. The molecule has 0 aromatic heterocycles. The van der Waals surface area contributed by atoms with Crippen LogP contribution in [0.1, 0.15) is 0 Å². The summed E-state index contributed by atoms with van der Waals surface area (Å²) in [6.45, 7) is -1.45. The number of rotatable bonds is 4. The maximum Gasteiger partial charge on any atom is 0.573 e. The predicted octanol–water partition coefficient (Wildman–Crippen LogP) is 4.78. The Morgan fingerprint density at radius 2 is 1.42 bits per heavy atom. The first-order valence-electron chi connectivity index (χ1n) is 6.49. The third-order valence-corrected chi connectivity index (χ3v) is 2.82. The van der Waals surface area contributed by atoms with Crippen LogP contribution < -0.4 is 15.2 Å². The van der Waals surface area contributed by atoms with Gasteiger partial charge in [-0.1, -0.05) is 12.1 Å². The van der Waals surface area contributed by atoms with Crippen LogP contribution in [0, 0.1) is 0 Å². The van der Waals surface area contributed by atoms with Gasteiger partial charge >= 0.3 is 12.5 Å². The molecule has 130 valence electrons. The molecule has 0 bridgehead atoms. The highest BCUT2D eigenvalue weighted by molar-refractivity contribution is 5.77. The molecule has 2 N–H and O–H groups in total. The van der Waals surface area contributed by atoms with Crippen LogP contribution in [0.25, 0.3) is 11.1 Å². The first-order valence-corrected chi connectivity index (χ1v) is 6.49. The van der Waals surface area contributed by atoms with Gasteiger partial charge in [0.15, 0.2) is 6.61 Å². The largest absolute Gasteiger partial charge is 0.573 e. The van der Waals surface area contributed by atoms with Crippen molar-refractivity contribution in [3.63, 3.8) is 0 Å². The summed E-state index contributed by atoms with van der Waals surface area (Å²) >= 11 is 0. The number of hydrogen-bond donors (Lipinski definition) is 1. The average Bonchev–Trinajstić information content (AvgIpc) is 2.44. The van der Waals surface area contributed by atoms with Gasteiger partial charge in [0.1, 0.15) is 11.5 Å². The molecule has 9 heteroatoms. The summed E-state index contributed by atoms with van der Waals surface area (Å²) in [6.07, 6.45) is -9.26. The van der Waals surface area contributed by atoms with Gasteiger partial charge in [-0.25, -0.2) is 0 Å². The van der Waals surface area contributed by atoms with Crippen molar-refractivity contribution in [3.05, 3.63) is 42.5 Å². The molecule has 0 atom stereocenters. The minimum atomic E-state index is -4.79. The standard InChI is InChI=1S/C15H11F6NO2/c16-14(17,18)8-23-11-5-6-12(13(22)7-11)9-1-3-10(4-2-9)24-15(19,20)21/h1-7H,8,22H2. The van der Waals surface area contributed by atoms with E-state index in [1.165, 1.54) is 30.3 Å². The van der Waals surface area contributed by atoms with Gasteiger partial charge in [-0.2, -0.15) is 13.2 Å². The smallest absolute Gasteiger partial charge is 0.484 e. The van der Waals surface area contributed by atoms with E-state index in [1.54, 1.807) is 0 Å². The number of benzene rings is 2. The Labute approximate surface area is 132 Å². The third kappa shape index (κ3) is 5.25. The fourth-order valence-corrected chi connectivity index (χ4v) is 1.89. The normalized spacial score (nSPS) is 12.1. The van der Waals surface area contributed by atoms with E-state index >= 15 is 0 Å². The lowest BCUT2D eigenvalue weighted by atomic mass is 10.0. The summed E-state index contributed by atoms with van der Waals surface area (Å²) in [5.41, 5.74) is 6.80. The second-order valence-electron chi connectivity index (χ2n) is 4.73. The quantitative estimate of drug-likeness (QED) is 0.637. The number of ether oxygens (including phenoxy) is 2. The molecule has 0 aliphatic heterocycles. The van der Waals surface area contributed by atoms with Gasteiger partial charge in [0.05, 0.1) is 0 Å². The molecule has 24 heavy (non-hydrogen) atoms. The van der Waals surface area contributed by atoms with Crippen molar-refractivity contribution in [2.45, 2.75) is 12.5 Å². The monoisotopic (exact) mass is 351 g/mol. The molecular weight excluding hydrogens is 340 g/mol. The molecule has 0 radical (unpaired) electrons. The summed E-state index contributed by atoms with van der Waals surface area (Å²) in [6, 6.07) is 8.83. The van der Waals surface area contributed by atoms with Gasteiger partial charge in [0, 0.05) is 17.3 Å². The topological polar surface area (TPSA) is 44.5 Å². The molecule has 3 nitrogen and oxygen atoms in total. The van der Waals surface area contributed by atoms with Crippen LogP contribution in [0.2, 0.25) is 0 Å². The van der Waals surface area contributed by atoms with E-state index < -0.39 is 24.9 Å². The van der Waals surface area contributed by atoms with E-state index in [1.807, 2.05) is 0 Å². The first-order chi connectivity index (χ1) is 11.0. The fraction of sp³-hybridized carbons (Fsp3) is 0.200. The Morgan fingerprint density at radius 1 is 0.833 bits per heavy atom. The van der Waals surface area contributed by atoms with Crippen LogP contribution in [0.5, 0.6) is 11.5 Å². The van der Waals surface area contributed by atoms with Crippen molar-refractivity contribution in [2.75, 3.05) is 12.3 Å². The molecule has 0 heterocycles. The molecule has 2 aromatic rings. The van der Waals surface area contributed by atoms with Gasteiger partial charge in [-0.15, -0.1) is 13.2 Å². The van der Waals surface area contributed by atoms with E-state index in [-0.39, 0.29) is 11.4 Å². The fourth-order valence-electron chi connectivity index (χ4n) is 1.89. The van der Waals surface area contributed by atoms with E-state index in [0.29, 0.717) is 11.1 Å². The summed E-state index contributed by atoms with van der Waals surface area (Å²) < 4.78 is 80.9. The van der Waals surface area contributed by atoms with Crippen molar-refractivity contribution in [3.8, 4) is 22.6 Å². The molecular formula is C15H11F6NO2. The maximum absolute atomic E-state index is 12.1. The minimum absolute atomic E-state index is 0.0643. The molecule has 0 saturated heterocycles. The molecule has 2 rings (SSSR count). The number of hydrogen-bond acceptors (Lipinski definition) is 3. The highest BCUT2D eigenvalue weighted by atomic mass is 19.4. The number of nitrogen functional groups attached to an aromatic ring is 1. The van der Waals surface area contributed by atoms with E-state index in [0.717, 1.165) is 12.1 Å². The molecule has 0 saturated carbocycles. The Kier molecular flexibility index (Phi) is 4.81. The zero-order valence-electron chi connectivity index (χ0n) is 11.9. The number of alkyl halides is 6. The van der Waals surface area contributed by atoms with Crippen LogP contribution in [-0.4, -0.2) is 19.1 Å². The van der Waals surface area contributed by atoms with E-state index in [4.69, 9.17) is 5.73 Å². The zero-order valence-corrected chi connectivity index (χ0v) is 11.9. The Bertz CT molecular complexity index is 695. The van der Waals surface area contributed by atoms with Gasteiger partial charge in [-0.05, 0) is 29.8 Å².